The summed E-state index contributed by atoms with van der Waals surface area (Å²) in [6.45, 7) is 3.04. The van der Waals surface area contributed by atoms with Crippen molar-refractivity contribution in [2.24, 2.45) is 0 Å². The van der Waals surface area contributed by atoms with E-state index in [0.717, 1.165) is 17.5 Å². The van der Waals surface area contributed by atoms with Crippen LogP contribution >= 0.6 is 11.6 Å². The van der Waals surface area contributed by atoms with Crippen molar-refractivity contribution in [3.8, 4) is 17.4 Å². The number of halogens is 1. The average Bonchev–Trinajstić information content (AvgIpc) is 2.89. The summed E-state index contributed by atoms with van der Waals surface area (Å²) in [7, 11) is 1.54. The Hall–Kier alpha value is -3.53. The van der Waals surface area contributed by atoms with Gasteiger partial charge in [-0.15, -0.1) is 0 Å². The second-order valence-electron chi connectivity index (χ2n) is 8.92. The fourth-order valence-electron chi connectivity index (χ4n) is 3.83. The number of fused-ring (bicyclic) bond motifs is 1. The highest BCUT2D eigenvalue weighted by Crippen LogP contribution is 2.35. The summed E-state index contributed by atoms with van der Waals surface area (Å²) in [4.78, 5) is 6.54. The molecule has 1 aromatic heterocycles. The number of aromatic nitrogens is 1. The lowest BCUT2D eigenvalue weighted by Gasteiger charge is -2.17. The van der Waals surface area contributed by atoms with E-state index in [1.807, 2.05) is 61.5 Å². The van der Waals surface area contributed by atoms with Gasteiger partial charge in [-0.3, -0.25) is 4.72 Å². The van der Waals surface area contributed by atoms with Gasteiger partial charge < -0.3 is 19.1 Å². The lowest BCUT2D eigenvalue weighted by molar-refractivity contribution is 0.249. The summed E-state index contributed by atoms with van der Waals surface area (Å²) in [6.07, 6.45) is 1.65. The number of sulfonamides is 1. The molecule has 0 aliphatic rings. The van der Waals surface area contributed by atoms with Crippen LogP contribution in [0.4, 0.5) is 5.69 Å². The Balaban J connectivity index is 1.65. The minimum Gasteiger partial charge on any atom is -0.493 e. The molecule has 0 unspecified atom stereocenters. The standard InChI is InChI=1S/C28H30ClN3O5S/c1-19-23(29)10-7-11-26(19)38(33,34)31-27-22-9-6-5-8-21(22)17-30-28(27)37-18-20-12-13-24(35-4)25(16-20)36-15-14-32(2)3/h5-13,16-17,31H,14-15,18H2,1-4H3. The summed E-state index contributed by atoms with van der Waals surface area (Å²) < 4.78 is 46.9. The second-order valence-corrected chi connectivity index (χ2v) is 11.0. The largest absolute Gasteiger partial charge is 0.493 e. The molecule has 0 radical (unpaired) electrons. The lowest BCUT2D eigenvalue weighted by atomic mass is 10.1. The van der Waals surface area contributed by atoms with E-state index in [0.29, 0.717) is 34.1 Å². The topological polar surface area (TPSA) is 90.0 Å². The molecule has 3 aromatic carbocycles. The van der Waals surface area contributed by atoms with Gasteiger partial charge in [-0.2, -0.15) is 0 Å². The van der Waals surface area contributed by atoms with Gasteiger partial charge in [-0.05, 0) is 56.4 Å². The highest BCUT2D eigenvalue weighted by atomic mass is 35.5. The van der Waals surface area contributed by atoms with Gasteiger partial charge in [0.25, 0.3) is 10.0 Å². The van der Waals surface area contributed by atoms with Crippen LogP contribution in [-0.2, 0) is 16.6 Å². The van der Waals surface area contributed by atoms with E-state index in [4.69, 9.17) is 25.8 Å². The Morgan fingerprint density at radius 1 is 1.00 bits per heavy atom. The van der Waals surface area contributed by atoms with E-state index in [-0.39, 0.29) is 23.1 Å². The van der Waals surface area contributed by atoms with E-state index in [1.54, 1.807) is 32.4 Å². The van der Waals surface area contributed by atoms with E-state index in [2.05, 4.69) is 9.71 Å². The molecule has 4 rings (SSSR count). The van der Waals surface area contributed by atoms with Gasteiger partial charge in [0.1, 0.15) is 18.9 Å². The number of rotatable bonds is 11. The third-order valence-electron chi connectivity index (χ3n) is 5.91. The van der Waals surface area contributed by atoms with Crippen molar-refractivity contribution in [3.05, 3.63) is 83.0 Å². The van der Waals surface area contributed by atoms with Crippen molar-refractivity contribution < 1.29 is 22.6 Å². The number of pyridine rings is 1. The van der Waals surface area contributed by atoms with Gasteiger partial charge in [-0.25, -0.2) is 13.4 Å². The van der Waals surface area contributed by atoms with Crippen LogP contribution < -0.4 is 18.9 Å². The predicted molar refractivity (Wildman–Crippen MR) is 150 cm³/mol. The first-order chi connectivity index (χ1) is 18.2. The molecule has 0 saturated carbocycles. The van der Waals surface area contributed by atoms with Gasteiger partial charge >= 0.3 is 0 Å². The summed E-state index contributed by atoms with van der Waals surface area (Å²) >= 11 is 6.20. The van der Waals surface area contributed by atoms with E-state index in [1.165, 1.54) is 6.07 Å². The predicted octanol–water partition coefficient (Wildman–Crippen LogP) is 5.53. The van der Waals surface area contributed by atoms with Crippen molar-refractivity contribution in [1.82, 2.24) is 9.88 Å². The van der Waals surface area contributed by atoms with E-state index in [9.17, 15) is 8.42 Å². The molecule has 38 heavy (non-hydrogen) atoms. The average molecular weight is 556 g/mol. The zero-order chi connectivity index (χ0) is 27.3. The maximum Gasteiger partial charge on any atom is 0.262 e. The Bertz CT molecular complexity index is 1540. The number of benzene rings is 3. The maximum atomic E-state index is 13.4. The number of ether oxygens (including phenoxy) is 3. The van der Waals surface area contributed by atoms with Crippen LogP contribution in [0.5, 0.6) is 17.4 Å². The summed E-state index contributed by atoms with van der Waals surface area (Å²) in [6, 6.07) is 17.6. The van der Waals surface area contributed by atoms with Crippen molar-refractivity contribution in [1.29, 1.82) is 0 Å². The first-order valence-electron chi connectivity index (χ1n) is 11.9. The molecule has 0 fully saturated rings. The molecule has 0 atom stereocenters. The quantitative estimate of drug-likeness (QED) is 0.260. The molecule has 0 aliphatic heterocycles. The zero-order valence-electron chi connectivity index (χ0n) is 21.7. The molecule has 0 saturated heterocycles. The lowest BCUT2D eigenvalue weighted by Crippen LogP contribution is -2.19. The van der Waals surface area contributed by atoms with Gasteiger partial charge in [-0.1, -0.05) is 48.0 Å². The number of hydrogen-bond donors (Lipinski definition) is 1. The van der Waals surface area contributed by atoms with Crippen LogP contribution in [0.25, 0.3) is 10.8 Å². The highest BCUT2D eigenvalue weighted by Gasteiger charge is 2.22. The molecule has 1 heterocycles. The maximum absolute atomic E-state index is 13.4. The summed E-state index contributed by atoms with van der Waals surface area (Å²) in [5.74, 6) is 1.36. The fraction of sp³-hybridized carbons (Fsp3) is 0.250. The van der Waals surface area contributed by atoms with E-state index >= 15 is 0 Å². The van der Waals surface area contributed by atoms with Gasteiger partial charge in [0.15, 0.2) is 11.5 Å². The number of nitrogens with one attached hydrogen (secondary N) is 1. The van der Waals surface area contributed by atoms with Gasteiger partial charge in [0, 0.05) is 28.5 Å². The Morgan fingerprint density at radius 2 is 1.79 bits per heavy atom. The molecule has 0 aliphatic carbocycles. The minimum absolute atomic E-state index is 0.0820. The molecule has 1 N–H and O–H groups in total. The Kier molecular flexibility index (Phi) is 8.61. The van der Waals surface area contributed by atoms with Crippen LogP contribution in [0.1, 0.15) is 11.1 Å². The zero-order valence-corrected chi connectivity index (χ0v) is 23.3. The molecule has 200 valence electrons. The smallest absolute Gasteiger partial charge is 0.262 e. The van der Waals surface area contributed by atoms with Crippen molar-refractivity contribution in [2.75, 3.05) is 39.1 Å². The molecular formula is C28H30ClN3O5S. The number of nitrogens with zero attached hydrogens (tertiary/aromatic N) is 2. The van der Waals surface area contributed by atoms with Crippen LogP contribution in [0.3, 0.4) is 0 Å². The fourth-order valence-corrected chi connectivity index (χ4v) is 5.41. The number of anilines is 1. The Morgan fingerprint density at radius 3 is 2.55 bits per heavy atom. The molecule has 0 bridgehead atoms. The number of hydrogen-bond acceptors (Lipinski definition) is 7. The number of likely N-dealkylation sites (N-methyl/N-ethyl adjacent to an activating group) is 1. The molecule has 4 aromatic rings. The van der Waals surface area contributed by atoms with E-state index < -0.39 is 10.0 Å². The summed E-state index contributed by atoms with van der Waals surface area (Å²) in [5.41, 5.74) is 1.51. The van der Waals surface area contributed by atoms with Crippen LogP contribution in [0.15, 0.2) is 71.8 Å². The first kappa shape index (κ1) is 27.5. The Labute approximate surface area is 228 Å². The van der Waals surface area contributed by atoms with Crippen molar-refractivity contribution in [2.45, 2.75) is 18.4 Å². The highest BCUT2D eigenvalue weighted by molar-refractivity contribution is 7.92. The second kappa shape index (κ2) is 11.9. The minimum atomic E-state index is -3.99. The van der Waals surface area contributed by atoms with Crippen LogP contribution in [-0.4, -0.2) is 52.7 Å². The first-order valence-corrected chi connectivity index (χ1v) is 13.8. The third kappa shape index (κ3) is 6.30. The van der Waals surface area contributed by atoms with Gasteiger partial charge in [0.2, 0.25) is 5.88 Å². The molecule has 0 spiro atoms. The van der Waals surface area contributed by atoms with Crippen LogP contribution in [0, 0.1) is 6.92 Å². The molecule has 10 heteroatoms. The molecular weight excluding hydrogens is 526 g/mol. The monoisotopic (exact) mass is 555 g/mol. The molecule has 0 amide bonds. The van der Waals surface area contributed by atoms with Crippen LogP contribution in [0.2, 0.25) is 5.02 Å². The van der Waals surface area contributed by atoms with Crippen molar-refractivity contribution >= 4 is 38.1 Å². The SMILES string of the molecule is COc1ccc(COc2ncc3ccccc3c2NS(=O)(=O)c2cccc(Cl)c2C)cc1OCCN(C)C. The van der Waals surface area contributed by atoms with Gasteiger partial charge in [0.05, 0.1) is 12.0 Å². The normalized spacial score (nSPS) is 11.5. The molecule has 8 nitrogen and oxygen atoms in total. The number of methoxy groups -OCH3 is 1. The third-order valence-corrected chi connectivity index (χ3v) is 7.81. The summed E-state index contributed by atoms with van der Waals surface area (Å²) in [5, 5.41) is 1.79. The van der Waals surface area contributed by atoms with Crippen molar-refractivity contribution in [3.63, 3.8) is 0 Å².